The first kappa shape index (κ1) is 13.2. The van der Waals surface area contributed by atoms with E-state index in [2.05, 4.69) is 6.92 Å². The molecule has 2 unspecified atom stereocenters. The normalized spacial score (nSPS) is 15.8. The third-order valence-electron chi connectivity index (χ3n) is 2.95. The fraction of sp³-hybridized carbons (Fsp3) is 0.500. The van der Waals surface area contributed by atoms with E-state index in [0.29, 0.717) is 0 Å². The Hall–Kier alpha value is -0.870. The number of rotatable bonds is 4. The fourth-order valence-corrected chi connectivity index (χ4v) is 2.20. The molecule has 1 aromatic carbocycles. The Balaban J connectivity index is 2.92. The molecule has 1 aromatic rings. The van der Waals surface area contributed by atoms with E-state index in [-0.39, 0.29) is 0 Å². The van der Waals surface area contributed by atoms with Crippen molar-refractivity contribution in [1.82, 2.24) is 0 Å². The Morgan fingerprint density at radius 2 is 1.75 bits per heavy atom. The van der Waals surface area contributed by atoms with Crippen LogP contribution in [0.5, 0.6) is 0 Å². The minimum atomic E-state index is -3.09. The number of sulfone groups is 1. The number of hydrogen-bond donors (Lipinski definition) is 1. The van der Waals surface area contributed by atoms with Crippen molar-refractivity contribution < 1.29 is 8.42 Å². The van der Waals surface area contributed by atoms with Gasteiger partial charge in [-0.3, -0.25) is 0 Å². The van der Waals surface area contributed by atoms with Crippen LogP contribution >= 0.6 is 0 Å². The highest BCUT2D eigenvalue weighted by molar-refractivity contribution is 7.91. The maximum absolute atomic E-state index is 11.4. The van der Waals surface area contributed by atoms with Gasteiger partial charge in [-0.2, -0.15) is 0 Å². The van der Waals surface area contributed by atoms with Crippen molar-refractivity contribution in [3.63, 3.8) is 0 Å². The molecule has 0 aliphatic heterocycles. The summed E-state index contributed by atoms with van der Waals surface area (Å²) in [6.07, 6.45) is 2.19. The Labute approximate surface area is 97.6 Å². The van der Waals surface area contributed by atoms with Gasteiger partial charge < -0.3 is 5.73 Å². The van der Waals surface area contributed by atoms with E-state index in [1.54, 1.807) is 6.92 Å². The maximum atomic E-state index is 11.4. The molecule has 1 rings (SSSR count). The molecule has 0 saturated heterocycles. The summed E-state index contributed by atoms with van der Waals surface area (Å²) in [5.41, 5.74) is 8.03. The first-order valence-corrected chi connectivity index (χ1v) is 7.35. The van der Waals surface area contributed by atoms with E-state index in [1.807, 2.05) is 24.3 Å². The van der Waals surface area contributed by atoms with E-state index in [9.17, 15) is 8.42 Å². The zero-order valence-electron chi connectivity index (χ0n) is 9.97. The number of benzene rings is 1. The molecule has 0 saturated carbocycles. The van der Waals surface area contributed by atoms with Crippen LogP contribution < -0.4 is 5.73 Å². The lowest BCUT2D eigenvalue weighted by Crippen LogP contribution is -2.30. The molecule has 0 aromatic heterocycles. The zero-order valence-corrected chi connectivity index (χ0v) is 10.8. The van der Waals surface area contributed by atoms with Crippen LogP contribution in [0, 0.1) is 0 Å². The fourth-order valence-electron chi connectivity index (χ4n) is 1.51. The van der Waals surface area contributed by atoms with Crippen molar-refractivity contribution in [3.05, 3.63) is 35.4 Å². The predicted octanol–water partition coefficient (Wildman–Crippen LogP) is 1.68. The van der Waals surface area contributed by atoms with Gasteiger partial charge in [0.2, 0.25) is 0 Å². The highest BCUT2D eigenvalue weighted by atomic mass is 32.2. The third-order valence-corrected chi connectivity index (χ3v) is 4.60. The van der Waals surface area contributed by atoms with E-state index >= 15 is 0 Å². The number of aryl methyl sites for hydroxylation is 1. The van der Waals surface area contributed by atoms with Crippen LogP contribution in [0.4, 0.5) is 0 Å². The largest absolute Gasteiger partial charge is 0.323 e. The molecular weight excluding hydrogens is 222 g/mol. The van der Waals surface area contributed by atoms with E-state index in [4.69, 9.17) is 5.73 Å². The standard InChI is InChI=1S/C12H19NO2S/c1-4-10-5-7-11(8-6-10)12(13)9(2)16(3,14)15/h5-9,12H,4,13H2,1-3H3. The van der Waals surface area contributed by atoms with Crippen molar-refractivity contribution >= 4 is 9.84 Å². The lowest BCUT2D eigenvalue weighted by Gasteiger charge is -2.18. The van der Waals surface area contributed by atoms with Crippen molar-refractivity contribution in [2.75, 3.05) is 6.26 Å². The van der Waals surface area contributed by atoms with Gasteiger partial charge in [-0.05, 0) is 24.5 Å². The van der Waals surface area contributed by atoms with Gasteiger partial charge in [0.1, 0.15) is 0 Å². The Kier molecular flexibility index (Phi) is 4.10. The summed E-state index contributed by atoms with van der Waals surface area (Å²) >= 11 is 0. The highest BCUT2D eigenvalue weighted by Gasteiger charge is 2.23. The van der Waals surface area contributed by atoms with Gasteiger partial charge in [0.05, 0.1) is 5.25 Å². The van der Waals surface area contributed by atoms with E-state index < -0.39 is 21.1 Å². The van der Waals surface area contributed by atoms with Crippen LogP contribution in [0.2, 0.25) is 0 Å². The monoisotopic (exact) mass is 241 g/mol. The molecule has 0 fully saturated rings. The van der Waals surface area contributed by atoms with Crippen molar-refractivity contribution in [2.24, 2.45) is 5.73 Å². The molecule has 0 amide bonds. The molecule has 16 heavy (non-hydrogen) atoms. The molecule has 0 heterocycles. The quantitative estimate of drug-likeness (QED) is 0.872. The summed E-state index contributed by atoms with van der Waals surface area (Å²) in [6, 6.07) is 7.34. The summed E-state index contributed by atoms with van der Waals surface area (Å²) in [4.78, 5) is 0. The summed E-state index contributed by atoms with van der Waals surface area (Å²) in [6.45, 7) is 3.72. The van der Waals surface area contributed by atoms with Gasteiger partial charge in [-0.1, -0.05) is 31.2 Å². The molecule has 0 radical (unpaired) electrons. The van der Waals surface area contributed by atoms with Crippen molar-refractivity contribution in [3.8, 4) is 0 Å². The van der Waals surface area contributed by atoms with E-state index in [0.717, 1.165) is 12.0 Å². The minimum absolute atomic E-state index is 0.457. The number of nitrogens with two attached hydrogens (primary N) is 1. The number of hydrogen-bond acceptors (Lipinski definition) is 3. The van der Waals surface area contributed by atoms with Crippen LogP contribution in [0.15, 0.2) is 24.3 Å². The molecule has 2 atom stereocenters. The van der Waals surface area contributed by atoms with E-state index in [1.165, 1.54) is 11.8 Å². The Bertz CT molecular complexity index is 437. The molecule has 0 spiro atoms. The second kappa shape index (κ2) is 4.97. The zero-order chi connectivity index (χ0) is 12.3. The molecule has 0 bridgehead atoms. The predicted molar refractivity (Wildman–Crippen MR) is 67.1 cm³/mol. The Morgan fingerprint density at radius 3 is 2.12 bits per heavy atom. The first-order chi connectivity index (χ1) is 7.36. The average molecular weight is 241 g/mol. The van der Waals surface area contributed by atoms with Crippen LogP contribution in [0.1, 0.15) is 31.0 Å². The van der Waals surface area contributed by atoms with Crippen molar-refractivity contribution in [1.29, 1.82) is 0 Å². The van der Waals surface area contributed by atoms with Gasteiger partial charge in [0.25, 0.3) is 0 Å². The summed E-state index contributed by atoms with van der Waals surface area (Å²) in [5.74, 6) is 0. The lowest BCUT2D eigenvalue weighted by atomic mass is 10.0. The van der Waals surface area contributed by atoms with Crippen molar-refractivity contribution in [2.45, 2.75) is 31.6 Å². The third kappa shape index (κ3) is 3.06. The lowest BCUT2D eigenvalue weighted by molar-refractivity contribution is 0.571. The minimum Gasteiger partial charge on any atom is -0.323 e. The SMILES string of the molecule is CCc1ccc(C(N)C(C)S(C)(=O)=O)cc1. The Morgan fingerprint density at radius 1 is 1.25 bits per heavy atom. The second-order valence-corrected chi connectivity index (χ2v) is 6.56. The smallest absolute Gasteiger partial charge is 0.151 e. The van der Waals surface area contributed by atoms with Gasteiger partial charge in [-0.15, -0.1) is 0 Å². The van der Waals surface area contributed by atoms with Crippen LogP contribution in [-0.4, -0.2) is 19.9 Å². The van der Waals surface area contributed by atoms with Crippen LogP contribution in [0.3, 0.4) is 0 Å². The molecule has 3 nitrogen and oxygen atoms in total. The topological polar surface area (TPSA) is 60.2 Å². The van der Waals surface area contributed by atoms with Crippen LogP contribution in [-0.2, 0) is 16.3 Å². The molecule has 2 N–H and O–H groups in total. The summed E-state index contributed by atoms with van der Waals surface area (Å²) in [7, 11) is -3.09. The first-order valence-electron chi connectivity index (χ1n) is 5.39. The van der Waals surface area contributed by atoms with Gasteiger partial charge in [-0.25, -0.2) is 8.42 Å². The van der Waals surface area contributed by atoms with Gasteiger partial charge in [0, 0.05) is 12.3 Å². The van der Waals surface area contributed by atoms with Gasteiger partial charge in [0.15, 0.2) is 9.84 Å². The average Bonchev–Trinajstić information content (AvgIpc) is 2.26. The van der Waals surface area contributed by atoms with Crippen LogP contribution in [0.25, 0.3) is 0 Å². The molecule has 0 aliphatic carbocycles. The maximum Gasteiger partial charge on any atom is 0.151 e. The van der Waals surface area contributed by atoms with Gasteiger partial charge >= 0.3 is 0 Å². The highest BCUT2D eigenvalue weighted by Crippen LogP contribution is 2.19. The summed E-state index contributed by atoms with van der Waals surface area (Å²) < 4.78 is 22.8. The molecule has 4 heteroatoms. The molecule has 0 aliphatic rings. The molecule has 90 valence electrons. The molecular formula is C12H19NO2S. The summed E-state index contributed by atoms with van der Waals surface area (Å²) in [5, 5.41) is -0.556. The second-order valence-electron chi connectivity index (χ2n) is 4.16.